The van der Waals surface area contributed by atoms with Crippen LogP contribution in [0, 0.1) is 0 Å². The minimum Gasteiger partial charge on any atom is -0.396 e. The Hall–Kier alpha value is -0.580. The van der Waals surface area contributed by atoms with Crippen LogP contribution >= 0.6 is 15.9 Å². The summed E-state index contributed by atoms with van der Waals surface area (Å²) in [4.78, 5) is 2.41. The Kier molecular flexibility index (Phi) is 5.03. The molecule has 1 aliphatic rings. The molecule has 0 aliphatic carbocycles. The van der Waals surface area contributed by atoms with Crippen LogP contribution in [-0.2, 0) is 0 Å². The predicted molar refractivity (Wildman–Crippen MR) is 79.1 cm³/mol. The van der Waals surface area contributed by atoms with Crippen LogP contribution in [-0.4, -0.2) is 36.9 Å². The van der Waals surface area contributed by atoms with Gasteiger partial charge in [-0.15, -0.1) is 0 Å². The second-order valence-corrected chi connectivity index (χ2v) is 5.76. The van der Waals surface area contributed by atoms with Crippen molar-refractivity contribution in [2.45, 2.75) is 31.8 Å². The molecule has 1 saturated heterocycles. The number of nitrogens with zero attached hydrogens (tertiary/aromatic N) is 1. The van der Waals surface area contributed by atoms with E-state index >= 15 is 0 Å². The van der Waals surface area contributed by atoms with Gasteiger partial charge in [-0.05, 0) is 47.8 Å². The first-order valence-corrected chi connectivity index (χ1v) is 7.37. The summed E-state index contributed by atoms with van der Waals surface area (Å²) in [6.45, 7) is 4.42. The van der Waals surface area contributed by atoms with Gasteiger partial charge in [0.15, 0.2) is 0 Å². The van der Waals surface area contributed by atoms with E-state index in [4.69, 9.17) is 0 Å². The Labute approximate surface area is 117 Å². The fourth-order valence-electron chi connectivity index (χ4n) is 2.47. The van der Waals surface area contributed by atoms with Crippen molar-refractivity contribution in [3.8, 4) is 0 Å². The van der Waals surface area contributed by atoms with E-state index in [1.807, 2.05) is 6.07 Å². The molecular weight excluding hydrogens is 292 g/mol. The molecule has 0 aromatic heterocycles. The summed E-state index contributed by atoms with van der Waals surface area (Å²) in [5.74, 6) is 0. The van der Waals surface area contributed by atoms with E-state index in [0.717, 1.165) is 30.4 Å². The Morgan fingerprint density at radius 2 is 2.22 bits per heavy atom. The van der Waals surface area contributed by atoms with Crippen LogP contribution in [0.1, 0.15) is 19.8 Å². The minimum absolute atomic E-state index is 0.238. The number of rotatable bonds is 3. The van der Waals surface area contributed by atoms with Crippen molar-refractivity contribution in [3.63, 3.8) is 0 Å². The first-order chi connectivity index (χ1) is 8.72. The average molecular weight is 313 g/mol. The molecular formula is C14H21BrN2O. The summed E-state index contributed by atoms with van der Waals surface area (Å²) in [5, 5.41) is 12.8. The van der Waals surface area contributed by atoms with Crippen molar-refractivity contribution in [3.05, 3.63) is 28.7 Å². The van der Waals surface area contributed by atoms with Gasteiger partial charge in [-0.3, -0.25) is 0 Å². The third-order valence-electron chi connectivity index (χ3n) is 3.57. The zero-order valence-electron chi connectivity index (χ0n) is 10.8. The lowest BCUT2D eigenvalue weighted by Gasteiger charge is -2.32. The average Bonchev–Trinajstić information content (AvgIpc) is 2.54. The highest BCUT2D eigenvalue weighted by Crippen LogP contribution is 2.29. The molecule has 2 N–H and O–H groups in total. The van der Waals surface area contributed by atoms with Crippen LogP contribution < -0.4 is 10.2 Å². The number of nitrogens with one attached hydrogen (secondary N) is 1. The number of para-hydroxylation sites is 1. The third kappa shape index (κ3) is 3.25. The molecule has 0 spiro atoms. The van der Waals surface area contributed by atoms with Gasteiger partial charge < -0.3 is 15.3 Å². The van der Waals surface area contributed by atoms with Gasteiger partial charge >= 0.3 is 0 Å². The molecule has 2 atom stereocenters. The van der Waals surface area contributed by atoms with Crippen molar-refractivity contribution in [2.75, 3.05) is 24.6 Å². The van der Waals surface area contributed by atoms with Crippen molar-refractivity contribution >= 4 is 21.6 Å². The third-order valence-corrected chi connectivity index (χ3v) is 4.24. The maximum Gasteiger partial charge on any atom is 0.0513 e. The van der Waals surface area contributed by atoms with Crippen LogP contribution in [0.5, 0.6) is 0 Å². The molecule has 0 saturated carbocycles. The van der Waals surface area contributed by atoms with Gasteiger partial charge in [0, 0.05) is 36.3 Å². The van der Waals surface area contributed by atoms with E-state index in [1.54, 1.807) is 0 Å². The summed E-state index contributed by atoms with van der Waals surface area (Å²) in [7, 11) is 0. The van der Waals surface area contributed by atoms with Crippen LogP contribution in [0.15, 0.2) is 28.7 Å². The van der Waals surface area contributed by atoms with E-state index in [2.05, 4.69) is 51.3 Å². The maximum atomic E-state index is 9.24. The number of halogens is 1. The largest absolute Gasteiger partial charge is 0.396 e. The van der Waals surface area contributed by atoms with Crippen molar-refractivity contribution in [1.29, 1.82) is 0 Å². The van der Waals surface area contributed by atoms with Gasteiger partial charge in [-0.1, -0.05) is 12.1 Å². The standard InChI is InChI=1S/C14H21BrN2O/c1-11-6-8-17(12(7-9-18)10-16-11)14-5-3-2-4-13(14)15/h2-5,11-12,16,18H,6-10H2,1H3. The lowest BCUT2D eigenvalue weighted by atomic mass is 10.1. The Bertz CT molecular complexity index is 386. The van der Waals surface area contributed by atoms with Gasteiger partial charge in [0.1, 0.15) is 0 Å². The molecule has 1 fully saturated rings. The van der Waals surface area contributed by atoms with Gasteiger partial charge in [-0.25, -0.2) is 0 Å². The van der Waals surface area contributed by atoms with Crippen LogP contribution in [0.4, 0.5) is 5.69 Å². The summed E-state index contributed by atoms with van der Waals surface area (Å²) >= 11 is 3.63. The Morgan fingerprint density at radius 1 is 1.44 bits per heavy atom. The molecule has 3 nitrogen and oxygen atoms in total. The predicted octanol–water partition coefficient (Wildman–Crippen LogP) is 2.39. The first-order valence-electron chi connectivity index (χ1n) is 6.57. The van der Waals surface area contributed by atoms with E-state index < -0.39 is 0 Å². The van der Waals surface area contributed by atoms with Crippen molar-refractivity contribution < 1.29 is 5.11 Å². The minimum atomic E-state index is 0.238. The molecule has 2 rings (SSSR count). The van der Waals surface area contributed by atoms with E-state index in [1.165, 1.54) is 5.69 Å². The second kappa shape index (κ2) is 6.55. The lowest BCUT2D eigenvalue weighted by molar-refractivity contribution is 0.272. The summed E-state index contributed by atoms with van der Waals surface area (Å²) < 4.78 is 1.13. The molecule has 100 valence electrons. The molecule has 0 radical (unpaired) electrons. The topological polar surface area (TPSA) is 35.5 Å². The molecule has 1 heterocycles. The quantitative estimate of drug-likeness (QED) is 0.899. The van der Waals surface area contributed by atoms with Gasteiger partial charge in [-0.2, -0.15) is 0 Å². The van der Waals surface area contributed by atoms with Crippen LogP contribution in [0.25, 0.3) is 0 Å². The number of hydrogen-bond donors (Lipinski definition) is 2. The zero-order chi connectivity index (χ0) is 13.0. The smallest absolute Gasteiger partial charge is 0.0513 e. The summed E-state index contributed by atoms with van der Waals surface area (Å²) in [5.41, 5.74) is 1.23. The molecule has 4 heteroatoms. The first kappa shape index (κ1) is 13.8. The number of aliphatic hydroxyl groups excluding tert-OH is 1. The highest BCUT2D eigenvalue weighted by molar-refractivity contribution is 9.10. The monoisotopic (exact) mass is 312 g/mol. The fourth-order valence-corrected chi connectivity index (χ4v) is 2.99. The molecule has 1 aromatic rings. The summed E-state index contributed by atoms with van der Waals surface area (Å²) in [6.07, 6.45) is 1.93. The number of benzene rings is 1. The number of anilines is 1. The van der Waals surface area contributed by atoms with Gasteiger partial charge in [0.25, 0.3) is 0 Å². The highest BCUT2D eigenvalue weighted by atomic mass is 79.9. The van der Waals surface area contributed by atoms with Gasteiger partial charge in [0.2, 0.25) is 0 Å². The lowest BCUT2D eigenvalue weighted by Crippen LogP contribution is -2.41. The van der Waals surface area contributed by atoms with Gasteiger partial charge in [0.05, 0.1) is 5.69 Å². The fraction of sp³-hybridized carbons (Fsp3) is 0.571. The second-order valence-electron chi connectivity index (χ2n) is 4.91. The number of hydrogen-bond acceptors (Lipinski definition) is 3. The molecule has 1 aliphatic heterocycles. The SMILES string of the molecule is CC1CCN(c2ccccc2Br)C(CCO)CN1. The van der Waals surface area contributed by atoms with Crippen molar-refractivity contribution in [2.24, 2.45) is 0 Å². The molecule has 0 amide bonds. The van der Waals surface area contributed by atoms with Crippen LogP contribution in [0.3, 0.4) is 0 Å². The number of aliphatic hydroxyl groups is 1. The molecule has 0 bridgehead atoms. The maximum absolute atomic E-state index is 9.24. The van der Waals surface area contributed by atoms with E-state index in [-0.39, 0.29) is 6.61 Å². The van der Waals surface area contributed by atoms with E-state index in [0.29, 0.717) is 12.1 Å². The normalized spacial score (nSPS) is 24.9. The summed E-state index contributed by atoms with van der Waals surface area (Å²) in [6, 6.07) is 9.22. The molecule has 2 unspecified atom stereocenters. The highest BCUT2D eigenvalue weighted by Gasteiger charge is 2.24. The molecule has 18 heavy (non-hydrogen) atoms. The van der Waals surface area contributed by atoms with E-state index in [9.17, 15) is 5.11 Å². The van der Waals surface area contributed by atoms with Crippen molar-refractivity contribution in [1.82, 2.24) is 5.32 Å². The van der Waals surface area contributed by atoms with Crippen LogP contribution in [0.2, 0.25) is 0 Å². The Morgan fingerprint density at radius 3 is 2.94 bits per heavy atom. The molecule has 1 aromatic carbocycles. The Balaban J connectivity index is 2.23. The zero-order valence-corrected chi connectivity index (χ0v) is 12.4.